The summed E-state index contributed by atoms with van der Waals surface area (Å²) in [6.45, 7) is 4.13. The number of thiocarbonyl (C=S) groups is 1. The molecule has 0 bridgehead atoms. The summed E-state index contributed by atoms with van der Waals surface area (Å²) in [5.41, 5.74) is 3.42. The van der Waals surface area contributed by atoms with Crippen LogP contribution in [0.2, 0.25) is 0 Å². The molecule has 0 radical (unpaired) electrons. The molecule has 0 saturated heterocycles. The molecule has 16 heavy (non-hydrogen) atoms. The number of hydrogen-bond donors (Lipinski definition) is 2. The first-order valence-corrected chi connectivity index (χ1v) is 5.06. The van der Waals surface area contributed by atoms with Crippen molar-refractivity contribution >= 4 is 23.5 Å². The molecular formula is C11H12FN3S. The van der Waals surface area contributed by atoms with Crippen molar-refractivity contribution in [1.82, 2.24) is 10.7 Å². The zero-order valence-electron chi connectivity index (χ0n) is 8.61. The van der Waals surface area contributed by atoms with Crippen LogP contribution in [0.1, 0.15) is 5.56 Å². The summed E-state index contributed by atoms with van der Waals surface area (Å²) in [6, 6.07) is 5.99. The maximum absolute atomic E-state index is 12.6. The van der Waals surface area contributed by atoms with Gasteiger partial charge in [-0.25, -0.2) is 4.39 Å². The fraction of sp³-hybridized carbons (Fsp3) is 0.0909. The van der Waals surface area contributed by atoms with Crippen LogP contribution in [0.5, 0.6) is 0 Å². The van der Waals surface area contributed by atoms with Gasteiger partial charge in [0.15, 0.2) is 5.11 Å². The lowest BCUT2D eigenvalue weighted by molar-refractivity contribution is 0.628. The van der Waals surface area contributed by atoms with E-state index in [9.17, 15) is 4.39 Å². The number of nitrogens with one attached hydrogen (secondary N) is 2. The molecule has 1 rings (SSSR count). The van der Waals surface area contributed by atoms with Crippen LogP contribution in [0.4, 0.5) is 4.39 Å². The fourth-order valence-corrected chi connectivity index (χ4v) is 1.05. The number of benzene rings is 1. The van der Waals surface area contributed by atoms with Crippen LogP contribution in [0.25, 0.3) is 0 Å². The average Bonchev–Trinajstić information content (AvgIpc) is 2.29. The van der Waals surface area contributed by atoms with E-state index in [0.29, 0.717) is 11.7 Å². The Morgan fingerprint density at radius 3 is 2.75 bits per heavy atom. The van der Waals surface area contributed by atoms with Crippen LogP contribution in [-0.2, 0) is 0 Å². The van der Waals surface area contributed by atoms with Gasteiger partial charge in [-0.3, -0.25) is 5.43 Å². The third kappa shape index (κ3) is 4.65. The van der Waals surface area contributed by atoms with Crippen molar-refractivity contribution in [2.45, 2.75) is 0 Å². The van der Waals surface area contributed by atoms with Gasteiger partial charge < -0.3 is 5.32 Å². The van der Waals surface area contributed by atoms with Crippen LogP contribution in [-0.4, -0.2) is 17.9 Å². The predicted molar refractivity (Wildman–Crippen MR) is 67.9 cm³/mol. The van der Waals surface area contributed by atoms with Crippen molar-refractivity contribution in [3.8, 4) is 0 Å². The number of hydrogen-bond acceptors (Lipinski definition) is 2. The Morgan fingerprint density at radius 2 is 2.12 bits per heavy atom. The van der Waals surface area contributed by atoms with Gasteiger partial charge >= 0.3 is 0 Å². The monoisotopic (exact) mass is 237 g/mol. The first kappa shape index (κ1) is 12.3. The third-order valence-corrected chi connectivity index (χ3v) is 1.89. The van der Waals surface area contributed by atoms with Crippen LogP contribution < -0.4 is 10.7 Å². The van der Waals surface area contributed by atoms with E-state index in [0.717, 1.165) is 5.56 Å². The lowest BCUT2D eigenvalue weighted by atomic mass is 10.2. The summed E-state index contributed by atoms with van der Waals surface area (Å²) < 4.78 is 12.6. The number of hydrazone groups is 1. The Morgan fingerprint density at radius 1 is 1.44 bits per heavy atom. The molecule has 0 atom stereocenters. The minimum atomic E-state index is -0.270. The van der Waals surface area contributed by atoms with E-state index in [2.05, 4.69) is 22.4 Å². The van der Waals surface area contributed by atoms with E-state index in [1.54, 1.807) is 24.4 Å². The van der Waals surface area contributed by atoms with E-state index in [4.69, 9.17) is 12.2 Å². The fourth-order valence-electron chi connectivity index (χ4n) is 0.919. The minimum absolute atomic E-state index is 0.270. The second kappa shape index (κ2) is 6.68. The Labute approximate surface area is 99.1 Å². The standard InChI is InChI=1S/C11H12FN3S/c1-2-7-13-11(16)15-14-8-9-3-5-10(12)6-4-9/h2-6,8H,1,7H2,(H2,13,15,16)/b14-8-. The summed E-state index contributed by atoms with van der Waals surface area (Å²) in [6.07, 6.45) is 3.25. The van der Waals surface area contributed by atoms with E-state index in [1.807, 2.05) is 0 Å². The van der Waals surface area contributed by atoms with Crippen molar-refractivity contribution in [3.63, 3.8) is 0 Å². The largest absolute Gasteiger partial charge is 0.358 e. The third-order valence-electron chi connectivity index (χ3n) is 1.66. The molecule has 0 aliphatic heterocycles. The quantitative estimate of drug-likeness (QED) is 0.363. The van der Waals surface area contributed by atoms with Gasteiger partial charge in [0.2, 0.25) is 0 Å². The topological polar surface area (TPSA) is 36.4 Å². The highest BCUT2D eigenvalue weighted by atomic mass is 32.1. The molecular weight excluding hydrogens is 225 g/mol. The second-order valence-electron chi connectivity index (χ2n) is 2.92. The lowest BCUT2D eigenvalue weighted by Crippen LogP contribution is -2.31. The molecule has 0 aromatic heterocycles. The van der Waals surface area contributed by atoms with Crippen molar-refractivity contribution < 1.29 is 4.39 Å². The first-order chi connectivity index (χ1) is 7.72. The normalized spacial score (nSPS) is 10.1. The van der Waals surface area contributed by atoms with Gasteiger partial charge in [0, 0.05) is 6.54 Å². The average molecular weight is 237 g/mol. The van der Waals surface area contributed by atoms with Crippen molar-refractivity contribution in [2.24, 2.45) is 5.10 Å². The minimum Gasteiger partial charge on any atom is -0.358 e. The Hall–Kier alpha value is -1.75. The zero-order valence-corrected chi connectivity index (χ0v) is 9.43. The maximum Gasteiger partial charge on any atom is 0.187 e. The summed E-state index contributed by atoms with van der Waals surface area (Å²) in [4.78, 5) is 0. The van der Waals surface area contributed by atoms with Crippen LogP contribution in [0, 0.1) is 5.82 Å². The zero-order chi connectivity index (χ0) is 11.8. The van der Waals surface area contributed by atoms with Crippen LogP contribution in [0.3, 0.4) is 0 Å². The van der Waals surface area contributed by atoms with E-state index < -0.39 is 0 Å². The smallest absolute Gasteiger partial charge is 0.187 e. The van der Waals surface area contributed by atoms with E-state index in [-0.39, 0.29) is 5.82 Å². The van der Waals surface area contributed by atoms with Crippen molar-refractivity contribution in [2.75, 3.05) is 6.54 Å². The maximum atomic E-state index is 12.6. The van der Waals surface area contributed by atoms with Gasteiger partial charge in [-0.1, -0.05) is 18.2 Å². The van der Waals surface area contributed by atoms with Crippen molar-refractivity contribution in [1.29, 1.82) is 0 Å². The number of nitrogens with zero attached hydrogens (tertiary/aromatic N) is 1. The number of halogens is 1. The molecule has 0 spiro atoms. The molecule has 2 N–H and O–H groups in total. The van der Waals surface area contributed by atoms with Gasteiger partial charge in [-0.15, -0.1) is 6.58 Å². The molecule has 0 fully saturated rings. The highest BCUT2D eigenvalue weighted by Gasteiger charge is 1.90. The SMILES string of the molecule is C=CCNC(=S)N/N=C\c1ccc(F)cc1. The van der Waals surface area contributed by atoms with Gasteiger partial charge in [0.05, 0.1) is 6.21 Å². The molecule has 0 heterocycles. The van der Waals surface area contributed by atoms with Crippen LogP contribution in [0.15, 0.2) is 42.0 Å². The molecule has 1 aromatic carbocycles. The molecule has 0 unspecified atom stereocenters. The Kier molecular flexibility index (Phi) is 5.15. The highest BCUT2D eigenvalue weighted by Crippen LogP contribution is 1.99. The van der Waals surface area contributed by atoms with Gasteiger partial charge in [0.25, 0.3) is 0 Å². The van der Waals surface area contributed by atoms with E-state index >= 15 is 0 Å². The molecule has 0 aliphatic rings. The molecule has 84 valence electrons. The number of rotatable bonds is 4. The van der Waals surface area contributed by atoms with Gasteiger partial charge in [-0.2, -0.15) is 5.10 Å². The highest BCUT2D eigenvalue weighted by molar-refractivity contribution is 7.80. The molecule has 3 nitrogen and oxygen atoms in total. The lowest BCUT2D eigenvalue weighted by Gasteiger charge is -2.02. The van der Waals surface area contributed by atoms with Gasteiger partial charge in [-0.05, 0) is 29.9 Å². The summed E-state index contributed by atoms with van der Waals surface area (Å²) in [7, 11) is 0. The summed E-state index contributed by atoms with van der Waals surface area (Å²) >= 11 is 4.91. The summed E-state index contributed by atoms with van der Waals surface area (Å²) in [5, 5.41) is 7.16. The van der Waals surface area contributed by atoms with Gasteiger partial charge in [0.1, 0.15) is 5.82 Å². The Bertz CT molecular complexity index is 387. The molecule has 5 heteroatoms. The first-order valence-electron chi connectivity index (χ1n) is 4.66. The Balaban J connectivity index is 2.39. The van der Waals surface area contributed by atoms with E-state index in [1.165, 1.54) is 12.1 Å². The summed E-state index contributed by atoms with van der Waals surface area (Å²) in [5.74, 6) is -0.270. The molecule has 0 amide bonds. The van der Waals surface area contributed by atoms with Crippen LogP contribution >= 0.6 is 12.2 Å². The molecule has 0 aliphatic carbocycles. The molecule has 0 saturated carbocycles. The second-order valence-corrected chi connectivity index (χ2v) is 3.33. The predicted octanol–water partition coefficient (Wildman–Crippen LogP) is 1.81. The molecule has 1 aromatic rings. The van der Waals surface area contributed by atoms with Crippen molar-refractivity contribution in [3.05, 3.63) is 48.3 Å².